The average molecular weight is 266 g/mol. The van der Waals surface area contributed by atoms with E-state index in [9.17, 15) is 4.79 Å². The number of carbonyl (C=O) groups is 1. The lowest BCUT2D eigenvalue weighted by atomic mass is 10.2. The Bertz CT molecular complexity index is 444. The number of ether oxygens (including phenoxy) is 3. The number of anilines is 1. The maximum Gasteiger partial charge on any atom is 0.243 e. The Hall–Kier alpha value is -1.79. The van der Waals surface area contributed by atoms with Crippen LogP contribution in [0.1, 0.15) is 0 Å². The Morgan fingerprint density at radius 3 is 2.79 bits per heavy atom. The molecule has 19 heavy (non-hydrogen) atoms. The molecule has 1 aromatic carbocycles. The Kier molecular flexibility index (Phi) is 4.59. The summed E-state index contributed by atoms with van der Waals surface area (Å²) in [5, 5.41) is 5.92. The van der Waals surface area contributed by atoms with Crippen LogP contribution in [0.5, 0.6) is 11.5 Å². The summed E-state index contributed by atoms with van der Waals surface area (Å²) in [4.78, 5) is 12.0. The summed E-state index contributed by atoms with van der Waals surface area (Å²) in [5.74, 6) is 1.08. The van der Waals surface area contributed by atoms with E-state index in [0.29, 0.717) is 36.9 Å². The summed E-state index contributed by atoms with van der Waals surface area (Å²) in [6.07, 6.45) is 0. The summed E-state index contributed by atoms with van der Waals surface area (Å²) < 4.78 is 15.6. The monoisotopic (exact) mass is 266 g/mol. The number of hydrogen-bond acceptors (Lipinski definition) is 5. The van der Waals surface area contributed by atoms with E-state index in [1.807, 2.05) is 0 Å². The van der Waals surface area contributed by atoms with Crippen molar-refractivity contribution in [2.24, 2.45) is 0 Å². The quantitative estimate of drug-likeness (QED) is 0.836. The van der Waals surface area contributed by atoms with Crippen molar-refractivity contribution in [1.82, 2.24) is 5.32 Å². The van der Waals surface area contributed by atoms with Crippen molar-refractivity contribution in [3.63, 3.8) is 0 Å². The minimum atomic E-state index is -0.318. The van der Waals surface area contributed by atoms with Crippen LogP contribution >= 0.6 is 0 Å². The lowest BCUT2D eigenvalue weighted by molar-refractivity contribution is -0.120. The molecular formula is C13H18N2O4. The van der Waals surface area contributed by atoms with Gasteiger partial charge in [-0.2, -0.15) is 0 Å². The first kappa shape index (κ1) is 13.6. The number of methoxy groups -OCH3 is 2. The van der Waals surface area contributed by atoms with E-state index in [1.165, 1.54) is 0 Å². The Morgan fingerprint density at radius 1 is 1.37 bits per heavy atom. The van der Waals surface area contributed by atoms with Gasteiger partial charge in [-0.3, -0.25) is 4.79 Å². The van der Waals surface area contributed by atoms with Crippen molar-refractivity contribution in [3.8, 4) is 11.5 Å². The zero-order valence-electron chi connectivity index (χ0n) is 11.1. The normalized spacial score (nSPS) is 18.7. The van der Waals surface area contributed by atoms with E-state index in [0.717, 1.165) is 0 Å². The summed E-state index contributed by atoms with van der Waals surface area (Å²) in [6, 6.07) is 4.92. The van der Waals surface area contributed by atoms with Crippen LogP contribution in [0.4, 0.5) is 5.69 Å². The van der Waals surface area contributed by atoms with Crippen LogP contribution in [0, 0.1) is 0 Å². The van der Waals surface area contributed by atoms with Crippen molar-refractivity contribution < 1.29 is 19.0 Å². The largest absolute Gasteiger partial charge is 0.493 e. The number of morpholine rings is 1. The minimum absolute atomic E-state index is 0.119. The molecule has 0 aliphatic carbocycles. The van der Waals surface area contributed by atoms with E-state index < -0.39 is 0 Å². The highest BCUT2D eigenvalue weighted by molar-refractivity contribution is 5.95. The van der Waals surface area contributed by atoms with Crippen LogP contribution in [0.3, 0.4) is 0 Å². The molecule has 0 saturated carbocycles. The molecule has 6 heteroatoms. The number of amides is 1. The highest BCUT2D eigenvalue weighted by Crippen LogP contribution is 2.29. The Labute approximate surface area is 112 Å². The van der Waals surface area contributed by atoms with E-state index in [2.05, 4.69) is 10.6 Å². The van der Waals surface area contributed by atoms with Gasteiger partial charge in [-0.25, -0.2) is 0 Å². The summed E-state index contributed by atoms with van der Waals surface area (Å²) in [5.41, 5.74) is 0.662. The van der Waals surface area contributed by atoms with E-state index in [1.54, 1.807) is 32.4 Å². The van der Waals surface area contributed by atoms with Crippen molar-refractivity contribution in [1.29, 1.82) is 0 Å². The molecule has 2 rings (SSSR count). The molecule has 1 fully saturated rings. The third kappa shape index (κ3) is 3.36. The fourth-order valence-corrected chi connectivity index (χ4v) is 1.88. The Balaban J connectivity index is 2.03. The van der Waals surface area contributed by atoms with Gasteiger partial charge in [-0.1, -0.05) is 0 Å². The first-order valence-corrected chi connectivity index (χ1v) is 6.08. The third-order valence-corrected chi connectivity index (χ3v) is 2.89. The summed E-state index contributed by atoms with van der Waals surface area (Å²) in [6.45, 7) is 1.71. The minimum Gasteiger partial charge on any atom is -0.493 e. The molecule has 0 aromatic heterocycles. The van der Waals surface area contributed by atoms with Gasteiger partial charge in [-0.05, 0) is 12.1 Å². The van der Waals surface area contributed by atoms with Crippen LogP contribution in [-0.2, 0) is 9.53 Å². The fourth-order valence-electron chi connectivity index (χ4n) is 1.88. The molecule has 0 radical (unpaired) electrons. The first-order chi connectivity index (χ1) is 9.24. The van der Waals surface area contributed by atoms with E-state index in [4.69, 9.17) is 14.2 Å². The standard InChI is InChI=1S/C13H18N2O4/c1-17-11-4-3-9(7-12(11)18-2)15-13(16)10-8-19-6-5-14-10/h3-4,7,10,14H,5-6,8H2,1-2H3,(H,15,16). The zero-order chi connectivity index (χ0) is 13.7. The second kappa shape index (κ2) is 6.40. The molecular weight excluding hydrogens is 248 g/mol. The number of rotatable bonds is 4. The molecule has 1 heterocycles. The van der Waals surface area contributed by atoms with Crippen molar-refractivity contribution in [2.75, 3.05) is 39.3 Å². The molecule has 0 spiro atoms. The van der Waals surface area contributed by atoms with Crippen LogP contribution in [-0.4, -0.2) is 45.9 Å². The molecule has 0 bridgehead atoms. The molecule has 1 aromatic rings. The molecule has 1 aliphatic rings. The molecule has 1 saturated heterocycles. The van der Waals surface area contributed by atoms with Crippen LogP contribution in [0.2, 0.25) is 0 Å². The van der Waals surface area contributed by atoms with Crippen LogP contribution in [0.25, 0.3) is 0 Å². The predicted molar refractivity (Wildman–Crippen MR) is 70.8 cm³/mol. The third-order valence-electron chi connectivity index (χ3n) is 2.89. The SMILES string of the molecule is COc1ccc(NC(=O)C2COCCN2)cc1OC. The van der Waals surface area contributed by atoms with Crippen LogP contribution < -0.4 is 20.1 Å². The molecule has 104 valence electrons. The van der Waals surface area contributed by atoms with Gasteiger partial charge in [0.2, 0.25) is 5.91 Å². The lowest BCUT2D eigenvalue weighted by Crippen LogP contribution is -2.48. The van der Waals surface area contributed by atoms with Gasteiger partial charge in [0, 0.05) is 18.3 Å². The van der Waals surface area contributed by atoms with Gasteiger partial charge in [-0.15, -0.1) is 0 Å². The van der Waals surface area contributed by atoms with E-state index >= 15 is 0 Å². The predicted octanol–water partition coefficient (Wildman–Crippen LogP) is 0.631. The average Bonchev–Trinajstić information content (AvgIpc) is 2.48. The maximum absolute atomic E-state index is 12.0. The molecule has 6 nitrogen and oxygen atoms in total. The van der Waals surface area contributed by atoms with Gasteiger partial charge in [0.05, 0.1) is 27.4 Å². The summed E-state index contributed by atoms with van der Waals surface area (Å²) >= 11 is 0. The highest BCUT2D eigenvalue weighted by atomic mass is 16.5. The van der Waals surface area contributed by atoms with Crippen molar-refractivity contribution in [2.45, 2.75) is 6.04 Å². The lowest BCUT2D eigenvalue weighted by Gasteiger charge is -2.23. The zero-order valence-corrected chi connectivity index (χ0v) is 11.1. The van der Waals surface area contributed by atoms with E-state index in [-0.39, 0.29) is 11.9 Å². The van der Waals surface area contributed by atoms with Gasteiger partial charge >= 0.3 is 0 Å². The van der Waals surface area contributed by atoms with Gasteiger partial charge < -0.3 is 24.8 Å². The molecule has 2 N–H and O–H groups in total. The molecule has 1 unspecified atom stereocenters. The Morgan fingerprint density at radius 2 is 2.16 bits per heavy atom. The number of benzene rings is 1. The molecule has 1 amide bonds. The topological polar surface area (TPSA) is 68.8 Å². The molecule has 1 aliphatic heterocycles. The fraction of sp³-hybridized carbons (Fsp3) is 0.462. The number of hydrogen-bond donors (Lipinski definition) is 2. The second-order valence-electron chi connectivity index (χ2n) is 4.14. The van der Waals surface area contributed by atoms with Crippen LogP contribution in [0.15, 0.2) is 18.2 Å². The maximum atomic E-state index is 12.0. The number of carbonyl (C=O) groups excluding carboxylic acids is 1. The van der Waals surface area contributed by atoms with Gasteiger partial charge in [0.1, 0.15) is 6.04 Å². The van der Waals surface area contributed by atoms with Gasteiger partial charge in [0.25, 0.3) is 0 Å². The number of nitrogens with one attached hydrogen (secondary N) is 2. The highest BCUT2D eigenvalue weighted by Gasteiger charge is 2.21. The van der Waals surface area contributed by atoms with Crippen molar-refractivity contribution >= 4 is 11.6 Å². The second-order valence-corrected chi connectivity index (χ2v) is 4.14. The van der Waals surface area contributed by atoms with Gasteiger partial charge in [0.15, 0.2) is 11.5 Å². The summed E-state index contributed by atoms with van der Waals surface area (Å²) in [7, 11) is 3.12. The first-order valence-electron chi connectivity index (χ1n) is 6.08. The van der Waals surface area contributed by atoms with Crippen molar-refractivity contribution in [3.05, 3.63) is 18.2 Å². The smallest absolute Gasteiger partial charge is 0.243 e. The molecule has 1 atom stereocenters.